The van der Waals surface area contributed by atoms with Gasteiger partial charge in [0.05, 0.1) is 5.75 Å². The lowest BCUT2D eigenvalue weighted by Gasteiger charge is -2.31. The van der Waals surface area contributed by atoms with E-state index < -0.39 is 10.0 Å². The van der Waals surface area contributed by atoms with Crippen molar-refractivity contribution in [1.82, 2.24) is 14.6 Å². The van der Waals surface area contributed by atoms with Gasteiger partial charge in [0.25, 0.3) is 0 Å². The van der Waals surface area contributed by atoms with Crippen LogP contribution in [0.25, 0.3) is 0 Å². The molecule has 2 N–H and O–H groups in total. The zero-order valence-corrected chi connectivity index (χ0v) is 13.9. The summed E-state index contributed by atoms with van der Waals surface area (Å²) in [6.45, 7) is 2.02. The van der Waals surface area contributed by atoms with Crippen LogP contribution in [0.15, 0.2) is 48.8 Å². The predicted octanol–water partition coefficient (Wildman–Crippen LogP) is 2.10. The highest BCUT2D eigenvalue weighted by Crippen LogP contribution is 2.18. The van der Waals surface area contributed by atoms with Gasteiger partial charge in [0.1, 0.15) is 0 Å². The first-order valence-corrected chi connectivity index (χ1v) is 9.61. The van der Waals surface area contributed by atoms with Gasteiger partial charge in [-0.2, -0.15) is 0 Å². The fourth-order valence-electron chi connectivity index (χ4n) is 2.94. The number of aromatic amines is 1. The number of nitrogens with one attached hydrogen (secondary N) is 2. The minimum absolute atomic E-state index is 0.0925. The van der Waals surface area contributed by atoms with Crippen LogP contribution in [-0.2, 0) is 22.3 Å². The van der Waals surface area contributed by atoms with Crippen molar-refractivity contribution >= 4 is 10.0 Å². The fourth-order valence-corrected chi connectivity index (χ4v) is 4.51. The van der Waals surface area contributed by atoms with Gasteiger partial charge in [0.2, 0.25) is 10.0 Å². The normalized spacial score (nSPS) is 17.4. The highest BCUT2D eigenvalue weighted by molar-refractivity contribution is 7.88. The molecule has 124 valence electrons. The summed E-state index contributed by atoms with van der Waals surface area (Å²) in [6, 6.07) is 11.8. The Balaban J connectivity index is 1.49. The van der Waals surface area contributed by atoms with Crippen LogP contribution in [0.4, 0.5) is 0 Å². The van der Waals surface area contributed by atoms with Gasteiger partial charge >= 0.3 is 0 Å². The number of hydrogen-bond donors (Lipinski definition) is 2. The van der Waals surface area contributed by atoms with E-state index in [1.807, 2.05) is 48.8 Å². The van der Waals surface area contributed by atoms with Crippen molar-refractivity contribution in [2.75, 3.05) is 13.1 Å². The molecular formula is C17H23N3O2S. The third-order valence-corrected chi connectivity index (χ3v) is 6.15. The first-order valence-electron chi connectivity index (χ1n) is 8.00. The molecule has 0 unspecified atom stereocenters. The van der Waals surface area contributed by atoms with Gasteiger partial charge in [0, 0.05) is 38.1 Å². The van der Waals surface area contributed by atoms with Crippen LogP contribution >= 0.6 is 0 Å². The highest BCUT2D eigenvalue weighted by Gasteiger charge is 2.27. The molecule has 6 heteroatoms. The van der Waals surface area contributed by atoms with Crippen LogP contribution in [0.3, 0.4) is 0 Å². The molecule has 1 aromatic carbocycles. The van der Waals surface area contributed by atoms with Crippen molar-refractivity contribution in [1.29, 1.82) is 0 Å². The SMILES string of the molecule is O=S(=O)(Cc1ccccc1)N1CCC(NCc2cc[nH]c2)CC1. The molecule has 1 fully saturated rings. The van der Waals surface area contributed by atoms with Gasteiger partial charge in [0.15, 0.2) is 0 Å². The Kier molecular flexibility index (Phi) is 5.15. The van der Waals surface area contributed by atoms with E-state index >= 15 is 0 Å². The fraction of sp³-hybridized carbons (Fsp3) is 0.412. The van der Waals surface area contributed by atoms with E-state index in [-0.39, 0.29) is 5.75 Å². The zero-order valence-electron chi connectivity index (χ0n) is 13.1. The van der Waals surface area contributed by atoms with Crippen LogP contribution < -0.4 is 5.32 Å². The molecule has 0 spiro atoms. The van der Waals surface area contributed by atoms with E-state index in [9.17, 15) is 8.42 Å². The second-order valence-corrected chi connectivity index (χ2v) is 7.98. The zero-order chi connectivity index (χ0) is 16.1. The van der Waals surface area contributed by atoms with Crippen LogP contribution in [0.1, 0.15) is 24.0 Å². The van der Waals surface area contributed by atoms with Gasteiger partial charge in [-0.25, -0.2) is 12.7 Å². The molecule has 2 aromatic rings. The molecule has 0 bridgehead atoms. The van der Waals surface area contributed by atoms with Crippen LogP contribution in [0.5, 0.6) is 0 Å². The summed E-state index contributed by atoms with van der Waals surface area (Å²) in [5.74, 6) is 0.0925. The minimum Gasteiger partial charge on any atom is -0.367 e. The Labute approximate surface area is 137 Å². The Morgan fingerprint density at radius 1 is 1.09 bits per heavy atom. The summed E-state index contributed by atoms with van der Waals surface area (Å²) in [5.41, 5.74) is 2.07. The second kappa shape index (κ2) is 7.29. The molecule has 0 aliphatic carbocycles. The van der Waals surface area contributed by atoms with E-state index in [4.69, 9.17) is 0 Å². The number of piperidine rings is 1. The Morgan fingerprint density at radius 3 is 2.48 bits per heavy atom. The molecule has 0 radical (unpaired) electrons. The quantitative estimate of drug-likeness (QED) is 0.851. The molecule has 23 heavy (non-hydrogen) atoms. The summed E-state index contributed by atoms with van der Waals surface area (Å²) in [6.07, 6.45) is 5.61. The maximum absolute atomic E-state index is 12.5. The molecule has 1 aliphatic rings. The molecule has 0 saturated carbocycles. The minimum atomic E-state index is -3.22. The number of aromatic nitrogens is 1. The third-order valence-electron chi connectivity index (χ3n) is 4.30. The summed E-state index contributed by atoms with van der Waals surface area (Å²) in [5, 5.41) is 3.50. The smallest absolute Gasteiger partial charge is 0.218 e. The van der Waals surface area contributed by atoms with Crippen LogP contribution in [0, 0.1) is 0 Å². The summed E-state index contributed by atoms with van der Waals surface area (Å²) >= 11 is 0. The molecule has 1 aromatic heterocycles. The molecule has 3 rings (SSSR count). The summed E-state index contributed by atoms with van der Waals surface area (Å²) in [7, 11) is -3.22. The van der Waals surface area contributed by atoms with Crippen molar-refractivity contribution in [3.8, 4) is 0 Å². The van der Waals surface area contributed by atoms with Crippen molar-refractivity contribution in [2.24, 2.45) is 0 Å². The molecule has 2 heterocycles. The second-order valence-electron chi connectivity index (χ2n) is 6.02. The average molecular weight is 333 g/mol. The standard InChI is InChI=1S/C17H23N3O2S/c21-23(22,14-15-4-2-1-3-5-15)20-10-7-17(8-11-20)19-13-16-6-9-18-12-16/h1-6,9,12,17-19H,7-8,10-11,13-14H2. The van der Waals surface area contributed by atoms with Crippen molar-refractivity contribution in [2.45, 2.75) is 31.2 Å². The topological polar surface area (TPSA) is 65.2 Å². The molecule has 0 atom stereocenters. The van der Waals surface area contributed by atoms with Crippen LogP contribution in [0.2, 0.25) is 0 Å². The first-order chi connectivity index (χ1) is 11.1. The number of sulfonamides is 1. The third kappa shape index (κ3) is 4.43. The van der Waals surface area contributed by atoms with Crippen molar-refractivity contribution in [3.05, 3.63) is 59.9 Å². The van der Waals surface area contributed by atoms with E-state index in [1.165, 1.54) is 5.56 Å². The van der Waals surface area contributed by atoms with Crippen molar-refractivity contribution < 1.29 is 8.42 Å². The van der Waals surface area contributed by atoms with Gasteiger partial charge < -0.3 is 10.3 Å². The van der Waals surface area contributed by atoms with Gasteiger partial charge in [-0.3, -0.25) is 0 Å². The van der Waals surface area contributed by atoms with E-state index in [0.717, 1.165) is 24.9 Å². The molecule has 1 saturated heterocycles. The molecule has 5 nitrogen and oxygen atoms in total. The summed E-state index contributed by atoms with van der Waals surface area (Å²) < 4.78 is 26.6. The monoisotopic (exact) mass is 333 g/mol. The largest absolute Gasteiger partial charge is 0.367 e. The van der Waals surface area contributed by atoms with Gasteiger partial charge in [-0.1, -0.05) is 30.3 Å². The Hall–Kier alpha value is -1.63. The lowest BCUT2D eigenvalue weighted by molar-refractivity contribution is 0.288. The van der Waals surface area contributed by atoms with Gasteiger partial charge in [-0.15, -0.1) is 0 Å². The maximum atomic E-state index is 12.5. The lowest BCUT2D eigenvalue weighted by Crippen LogP contribution is -2.45. The number of rotatable bonds is 6. The van der Waals surface area contributed by atoms with Gasteiger partial charge in [-0.05, 0) is 30.0 Å². The number of hydrogen-bond acceptors (Lipinski definition) is 3. The van der Waals surface area contributed by atoms with E-state index in [0.29, 0.717) is 19.1 Å². The van der Waals surface area contributed by atoms with E-state index in [1.54, 1.807) is 4.31 Å². The van der Waals surface area contributed by atoms with Crippen LogP contribution in [-0.4, -0.2) is 36.8 Å². The van der Waals surface area contributed by atoms with Crippen molar-refractivity contribution in [3.63, 3.8) is 0 Å². The molecular weight excluding hydrogens is 310 g/mol. The predicted molar refractivity (Wildman–Crippen MR) is 91.3 cm³/mol. The summed E-state index contributed by atoms with van der Waals surface area (Å²) in [4.78, 5) is 3.04. The molecule has 0 amide bonds. The maximum Gasteiger partial charge on any atom is 0.218 e. The highest BCUT2D eigenvalue weighted by atomic mass is 32.2. The number of benzene rings is 1. The Morgan fingerprint density at radius 2 is 1.83 bits per heavy atom. The average Bonchev–Trinajstić information content (AvgIpc) is 3.07. The van der Waals surface area contributed by atoms with E-state index in [2.05, 4.69) is 10.3 Å². The first kappa shape index (κ1) is 16.2. The molecule has 1 aliphatic heterocycles. The Bertz CT molecular complexity index is 691. The lowest BCUT2D eigenvalue weighted by atomic mass is 10.1. The number of H-pyrrole nitrogens is 1. The number of nitrogens with zero attached hydrogens (tertiary/aromatic N) is 1.